The highest BCUT2D eigenvalue weighted by atomic mass is 79.9. The van der Waals surface area contributed by atoms with E-state index in [1.165, 1.54) is 11.1 Å². The summed E-state index contributed by atoms with van der Waals surface area (Å²) in [6, 6.07) is 12.4. The van der Waals surface area contributed by atoms with Gasteiger partial charge in [0, 0.05) is 14.5 Å². The van der Waals surface area contributed by atoms with Gasteiger partial charge in [0.05, 0.1) is 11.4 Å². The number of rotatable bonds is 4. The molecule has 0 aliphatic rings. The van der Waals surface area contributed by atoms with Crippen LogP contribution in [0.5, 0.6) is 5.75 Å². The van der Waals surface area contributed by atoms with Crippen molar-refractivity contribution in [3.63, 3.8) is 0 Å². The third kappa shape index (κ3) is 3.46. The molecule has 0 aliphatic heterocycles. The van der Waals surface area contributed by atoms with Crippen LogP contribution in [0.2, 0.25) is 0 Å². The van der Waals surface area contributed by atoms with Gasteiger partial charge in [0.15, 0.2) is 0 Å². The fourth-order valence-electron chi connectivity index (χ4n) is 2.00. The van der Waals surface area contributed by atoms with Crippen molar-refractivity contribution in [1.82, 2.24) is 0 Å². The molecule has 2 aromatic carbocycles. The predicted molar refractivity (Wildman–Crippen MR) is 95.0 cm³/mol. The maximum Gasteiger partial charge on any atom is 0.123 e. The minimum Gasteiger partial charge on any atom is -0.494 e. The summed E-state index contributed by atoms with van der Waals surface area (Å²) in [6.07, 6.45) is 0. The number of hydrogen-bond donors (Lipinski definition) is 0. The lowest BCUT2D eigenvalue weighted by molar-refractivity contribution is 0.337. The molecule has 4 heteroatoms. The lowest BCUT2D eigenvalue weighted by Gasteiger charge is -2.17. The first-order valence-electron chi connectivity index (χ1n) is 6.36. The van der Waals surface area contributed by atoms with Gasteiger partial charge in [0.1, 0.15) is 5.75 Å². The second-order valence-corrected chi connectivity index (χ2v) is 7.08. The van der Waals surface area contributed by atoms with Gasteiger partial charge < -0.3 is 4.74 Å². The molecular weight excluding hydrogens is 448 g/mol. The smallest absolute Gasteiger partial charge is 0.123 e. The van der Waals surface area contributed by atoms with E-state index < -0.39 is 0 Å². The Morgan fingerprint density at radius 1 is 1.05 bits per heavy atom. The van der Waals surface area contributed by atoms with E-state index in [0.29, 0.717) is 6.61 Å². The van der Waals surface area contributed by atoms with Crippen molar-refractivity contribution in [2.45, 2.75) is 18.7 Å². The van der Waals surface area contributed by atoms with Gasteiger partial charge in [-0.25, -0.2) is 0 Å². The first-order valence-corrected chi connectivity index (χ1v) is 8.86. The fourth-order valence-corrected chi connectivity index (χ4v) is 4.11. The first-order chi connectivity index (χ1) is 9.54. The molecule has 106 valence electrons. The van der Waals surface area contributed by atoms with Crippen LogP contribution in [0.3, 0.4) is 0 Å². The summed E-state index contributed by atoms with van der Waals surface area (Å²) in [6.45, 7) is 4.74. The zero-order chi connectivity index (χ0) is 14.7. The van der Waals surface area contributed by atoms with Crippen LogP contribution in [0.1, 0.15) is 28.4 Å². The minimum atomic E-state index is 0.0801. The molecule has 2 rings (SSSR count). The number of hydrogen-bond acceptors (Lipinski definition) is 1. The van der Waals surface area contributed by atoms with Crippen LogP contribution in [0, 0.1) is 6.92 Å². The van der Waals surface area contributed by atoms with Crippen LogP contribution in [0.4, 0.5) is 0 Å². The van der Waals surface area contributed by atoms with Gasteiger partial charge >= 0.3 is 0 Å². The van der Waals surface area contributed by atoms with E-state index in [4.69, 9.17) is 4.74 Å². The van der Waals surface area contributed by atoms with Gasteiger partial charge in [-0.3, -0.25) is 0 Å². The zero-order valence-corrected chi connectivity index (χ0v) is 16.0. The van der Waals surface area contributed by atoms with Gasteiger partial charge in [-0.05, 0) is 43.2 Å². The molecule has 0 bridgehead atoms. The molecule has 0 aromatic heterocycles. The third-order valence-corrected chi connectivity index (χ3v) is 5.57. The maximum atomic E-state index is 5.72. The average Bonchev–Trinajstić information content (AvgIpc) is 2.43. The molecule has 2 aromatic rings. The molecule has 0 spiro atoms. The molecular formula is C16H15Br3O. The van der Waals surface area contributed by atoms with Crippen molar-refractivity contribution in [1.29, 1.82) is 0 Å². The molecule has 0 heterocycles. The van der Waals surface area contributed by atoms with E-state index in [0.717, 1.165) is 20.3 Å². The highest BCUT2D eigenvalue weighted by Gasteiger charge is 2.18. The molecule has 20 heavy (non-hydrogen) atoms. The number of halogens is 3. The van der Waals surface area contributed by atoms with Crippen LogP contribution in [-0.2, 0) is 0 Å². The van der Waals surface area contributed by atoms with E-state index in [2.05, 4.69) is 72.9 Å². The Bertz CT molecular complexity index is 611. The quantitative estimate of drug-likeness (QED) is 0.477. The summed E-state index contributed by atoms with van der Waals surface area (Å²) >= 11 is 11.0. The van der Waals surface area contributed by atoms with Gasteiger partial charge in [-0.2, -0.15) is 0 Å². The third-order valence-electron chi connectivity index (χ3n) is 3.04. The van der Waals surface area contributed by atoms with E-state index in [-0.39, 0.29) is 4.83 Å². The molecule has 0 saturated carbocycles. The zero-order valence-electron chi connectivity index (χ0n) is 11.3. The van der Waals surface area contributed by atoms with Crippen LogP contribution in [-0.4, -0.2) is 6.61 Å². The Kier molecular flexibility index (Phi) is 5.70. The topological polar surface area (TPSA) is 9.23 Å². The molecule has 1 unspecified atom stereocenters. The standard InChI is InChI=1S/C16H15Br3O/c1-3-20-15-7-5-4-6-11(15)16(19)12-9-13(17)10(2)8-14(12)18/h4-9,16H,3H2,1-2H3. The van der Waals surface area contributed by atoms with Crippen LogP contribution in [0.25, 0.3) is 0 Å². The molecule has 0 fully saturated rings. The molecule has 1 nitrogen and oxygen atoms in total. The fraction of sp³-hybridized carbons (Fsp3) is 0.250. The van der Waals surface area contributed by atoms with Crippen molar-refractivity contribution >= 4 is 47.8 Å². The summed E-state index contributed by atoms with van der Waals surface area (Å²) in [5, 5.41) is 0. The largest absolute Gasteiger partial charge is 0.494 e. The Morgan fingerprint density at radius 3 is 2.45 bits per heavy atom. The summed E-state index contributed by atoms with van der Waals surface area (Å²) in [5.74, 6) is 0.917. The van der Waals surface area contributed by atoms with Crippen molar-refractivity contribution in [3.05, 3.63) is 62.0 Å². The van der Waals surface area contributed by atoms with Crippen molar-refractivity contribution in [2.24, 2.45) is 0 Å². The molecule has 0 aliphatic carbocycles. The van der Waals surface area contributed by atoms with E-state index in [9.17, 15) is 0 Å². The first kappa shape index (κ1) is 16.1. The summed E-state index contributed by atoms with van der Waals surface area (Å²) in [5.41, 5.74) is 3.51. The second kappa shape index (κ2) is 7.10. The summed E-state index contributed by atoms with van der Waals surface area (Å²) in [4.78, 5) is 0.0801. The molecule has 0 amide bonds. The van der Waals surface area contributed by atoms with Crippen LogP contribution < -0.4 is 4.74 Å². The van der Waals surface area contributed by atoms with Gasteiger partial charge in [-0.15, -0.1) is 0 Å². The summed E-state index contributed by atoms with van der Waals surface area (Å²) in [7, 11) is 0. The molecule has 1 atom stereocenters. The highest BCUT2D eigenvalue weighted by molar-refractivity contribution is 9.11. The second-order valence-electron chi connectivity index (χ2n) is 4.46. The molecule has 0 saturated heterocycles. The van der Waals surface area contributed by atoms with Crippen LogP contribution >= 0.6 is 47.8 Å². The van der Waals surface area contributed by atoms with Crippen LogP contribution in [0.15, 0.2) is 45.3 Å². The SMILES string of the molecule is CCOc1ccccc1C(Br)c1cc(Br)c(C)cc1Br. The highest BCUT2D eigenvalue weighted by Crippen LogP contribution is 2.41. The Labute approximate surface area is 145 Å². The molecule has 0 N–H and O–H groups in total. The lowest BCUT2D eigenvalue weighted by Crippen LogP contribution is -2.00. The molecule has 0 radical (unpaired) electrons. The van der Waals surface area contributed by atoms with Crippen molar-refractivity contribution < 1.29 is 4.74 Å². The predicted octanol–water partition coefficient (Wildman–Crippen LogP) is 6.40. The van der Waals surface area contributed by atoms with E-state index >= 15 is 0 Å². The Balaban J connectivity index is 2.46. The van der Waals surface area contributed by atoms with Gasteiger partial charge in [-0.1, -0.05) is 66.0 Å². The van der Waals surface area contributed by atoms with Gasteiger partial charge in [0.25, 0.3) is 0 Å². The Hall–Kier alpha value is -0.320. The van der Waals surface area contributed by atoms with Crippen molar-refractivity contribution in [2.75, 3.05) is 6.61 Å². The number of aryl methyl sites for hydroxylation is 1. The minimum absolute atomic E-state index is 0.0801. The van der Waals surface area contributed by atoms with E-state index in [1.807, 2.05) is 25.1 Å². The number of ether oxygens (including phenoxy) is 1. The normalized spacial score (nSPS) is 12.2. The summed E-state index contributed by atoms with van der Waals surface area (Å²) < 4.78 is 7.91. The number of benzene rings is 2. The maximum absolute atomic E-state index is 5.72. The Morgan fingerprint density at radius 2 is 1.75 bits per heavy atom. The monoisotopic (exact) mass is 460 g/mol. The number of para-hydroxylation sites is 1. The average molecular weight is 463 g/mol. The van der Waals surface area contributed by atoms with Crippen molar-refractivity contribution in [3.8, 4) is 5.75 Å². The van der Waals surface area contributed by atoms with Gasteiger partial charge in [0.2, 0.25) is 0 Å². The lowest BCUT2D eigenvalue weighted by atomic mass is 10.0. The number of alkyl halides is 1. The van der Waals surface area contributed by atoms with E-state index in [1.54, 1.807) is 0 Å².